The highest BCUT2D eigenvalue weighted by atomic mass is 35.5. The molecule has 0 saturated heterocycles. The van der Waals surface area contributed by atoms with E-state index in [0.29, 0.717) is 27.8 Å². The molecule has 1 N–H and O–H groups in total. The molecule has 4 rings (SSSR count). The summed E-state index contributed by atoms with van der Waals surface area (Å²) in [6.07, 6.45) is 0. The Morgan fingerprint density at radius 2 is 1.37 bits per heavy atom. The van der Waals surface area contributed by atoms with Gasteiger partial charge < -0.3 is 9.47 Å². The minimum Gasteiger partial charge on any atom is -0.495 e. The van der Waals surface area contributed by atoms with Gasteiger partial charge in [0, 0.05) is 27.1 Å². The summed E-state index contributed by atoms with van der Waals surface area (Å²) in [5.41, 5.74) is 0.925. The van der Waals surface area contributed by atoms with Crippen molar-refractivity contribution >= 4 is 43.3 Å². The van der Waals surface area contributed by atoms with Gasteiger partial charge in [-0.2, -0.15) is 8.42 Å². The van der Waals surface area contributed by atoms with E-state index in [2.05, 4.69) is 0 Å². The molecular weight excluding hydrogens is 424 g/mol. The van der Waals surface area contributed by atoms with E-state index in [0.717, 1.165) is 10.8 Å². The molecule has 0 aliphatic heterocycles. The predicted molar refractivity (Wildman–Crippen MR) is 119 cm³/mol. The van der Waals surface area contributed by atoms with Crippen LogP contribution in [0, 0.1) is 0 Å². The van der Waals surface area contributed by atoms with Gasteiger partial charge in [0.25, 0.3) is 10.1 Å². The number of fused-ring (bicyclic) bond motifs is 2. The molecule has 4 aromatic carbocycles. The second-order valence-electron chi connectivity index (χ2n) is 6.76. The first kappa shape index (κ1) is 20.5. The third kappa shape index (κ3) is 3.27. The fourth-order valence-corrected chi connectivity index (χ4v) is 5.06. The minimum absolute atomic E-state index is 0.240. The molecule has 0 fully saturated rings. The van der Waals surface area contributed by atoms with Gasteiger partial charge in [0.2, 0.25) is 0 Å². The van der Waals surface area contributed by atoms with Gasteiger partial charge in [0.05, 0.1) is 24.5 Å². The summed E-state index contributed by atoms with van der Waals surface area (Å²) < 4.78 is 46.0. The summed E-state index contributed by atoms with van der Waals surface area (Å²) in [5.74, 6) is 1.03. The smallest absolute Gasteiger partial charge is 0.294 e. The Morgan fingerprint density at radius 1 is 0.800 bits per heavy atom. The Labute approximate surface area is 179 Å². The highest BCUT2D eigenvalue weighted by molar-refractivity contribution is 7.86. The molecule has 0 bridgehead atoms. The van der Waals surface area contributed by atoms with Crippen LogP contribution in [0.25, 0.3) is 21.5 Å². The molecule has 0 amide bonds. The lowest BCUT2D eigenvalue weighted by atomic mass is 9.93. The molecule has 0 aliphatic carbocycles. The largest absolute Gasteiger partial charge is 0.495 e. The molecule has 0 spiro atoms. The SMILES string of the molecule is COc1c2ccccc2c(OC)c2c(C(Cl)c3ccccc3)c(S(=O)(=O)O)ccc12. The van der Waals surface area contributed by atoms with Crippen LogP contribution in [0.5, 0.6) is 11.5 Å². The molecule has 0 radical (unpaired) electrons. The van der Waals surface area contributed by atoms with E-state index in [1.165, 1.54) is 13.2 Å². The highest BCUT2D eigenvalue weighted by Crippen LogP contribution is 2.48. The van der Waals surface area contributed by atoms with Crippen molar-refractivity contribution in [3.05, 3.63) is 77.9 Å². The standard InChI is InChI=1S/C23H19ClO5S/c1-28-22-15-10-6-7-11-16(15)23(29-2)19-17(22)12-13-18(30(25,26)27)20(19)21(24)14-8-4-3-5-9-14/h3-13,21H,1-2H3,(H,25,26,27). The van der Waals surface area contributed by atoms with Gasteiger partial charge in [-0.25, -0.2) is 0 Å². The summed E-state index contributed by atoms with van der Waals surface area (Å²) in [4.78, 5) is -0.269. The first-order chi connectivity index (χ1) is 14.4. The molecule has 4 aromatic rings. The second kappa shape index (κ2) is 7.80. The van der Waals surface area contributed by atoms with E-state index in [-0.39, 0.29) is 10.5 Å². The lowest BCUT2D eigenvalue weighted by Gasteiger charge is -2.21. The van der Waals surface area contributed by atoms with Gasteiger partial charge in [0.15, 0.2) is 0 Å². The van der Waals surface area contributed by atoms with Crippen LogP contribution in [0.2, 0.25) is 0 Å². The molecule has 0 aromatic heterocycles. The molecule has 0 saturated carbocycles. The fourth-order valence-electron chi connectivity index (χ4n) is 3.89. The van der Waals surface area contributed by atoms with Crippen LogP contribution in [0.1, 0.15) is 16.5 Å². The zero-order valence-corrected chi connectivity index (χ0v) is 17.9. The van der Waals surface area contributed by atoms with Crippen molar-refractivity contribution in [3.8, 4) is 11.5 Å². The monoisotopic (exact) mass is 442 g/mol. The van der Waals surface area contributed by atoms with Crippen LogP contribution >= 0.6 is 11.6 Å². The number of rotatable bonds is 5. The van der Waals surface area contributed by atoms with Gasteiger partial charge in [-0.3, -0.25) is 4.55 Å². The summed E-state index contributed by atoms with van der Waals surface area (Å²) >= 11 is 6.83. The first-order valence-electron chi connectivity index (χ1n) is 9.14. The maximum atomic E-state index is 12.3. The number of benzene rings is 4. The molecule has 0 heterocycles. The summed E-state index contributed by atoms with van der Waals surface area (Å²) in [6.45, 7) is 0. The normalized spacial score (nSPS) is 12.8. The number of halogens is 1. The van der Waals surface area contributed by atoms with Crippen LogP contribution < -0.4 is 9.47 Å². The fraction of sp³-hybridized carbons (Fsp3) is 0.130. The number of methoxy groups -OCH3 is 2. The van der Waals surface area contributed by atoms with Gasteiger partial charge in [0.1, 0.15) is 11.5 Å². The Kier molecular flexibility index (Phi) is 5.32. The van der Waals surface area contributed by atoms with Crippen molar-refractivity contribution in [1.82, 2.24) is 0 Å². The molecule has 7 heteroatoms. The van der Waals surface area contributed by atoms with Crippen LogP contribution in [0.4, 0.5) is 0 Å². The van der Waals surface area contributed by atoms with E-state index < -0.39 is 15.5 Å². The summed E-state index contributed by atoms with van der Waals surface area (Å²) in [5, 5.41) is 1.83. The van der Waals surface area contributed by atoms with Crippen molar-refractivity contribution in [2.24, 2.45) is 0 Å². The Balaban J connectivity index is 2.26. The number of ether oxygens (including phenoxy) is 2. The van der Waals surface area contributed by atoms with Crippen molar-refractivity contribution in [2.75, 3.05) is 14.2 Å². The topological polar surface area (TPSA) is 72.8 Å². The number of hydrogen-bond acceptors (Lipinski definition) is 4. The summed E-state index contributed by atoms with van der Waals surface area (Å²) in [6, 6.07) is 19.5. The summed E-state index contributed by atoms with van der Waals surface area (Å²) in [7, 11) is -1.48. The molecule has 154 valence electrons. The van der Waals surface area contributed by atoms with Gasteiger partial charge in [-0.1, -0.05) is 54.6 Å². The number of alkyl halides is 1. The van der Waals surface area contributed by atoms with Crippen LogP contribution in [-0.4, -0.2) is 27.2 Å². The van der Waals surface area contributed by atoms with E-state index >= 15 is 0 Å². The molecule has 0 aliphatic rings. The van der Waals surface area contributed by atoms with Gasteiger partial charge in [-0.05, 0) is 17.7 Å². The zero-order valence-electron chi connectivity index (χ0n) is 16.3. The zero-order chi connectivity index (χ0) is 21.5. The highest BCUT2D eigenvalue weighted by Gasteiger charge is 2.28. The van der Waals surface area contributed by atoms with Gasteiger partial charge in [-0.15, -0.1) is 11.6 Å². The predicted octanol–water partition coefficient (Wildman–Crippen LogP) is 5.59. The molecule has 1 unspecified atom stereocenters. The maximum absolute atomic E-state index is 12.3. The Bertz CT molecular complexity index is 1350. The van der Waals surface area contributed by atoms with E-state index in [1.54, 1.807) is 25.3 Å². The minimum atomic E-state index is -4.56. The average molecular weight is 443 g/mol. The maximum Gasteiger partial charge on any atom is 0.294 e. The van der Waals surface area contributed by atoms with Crippen LogP contribution in [0.15, 0.2) is 71.6 Å². The van der Waals surface area contributed by atoms with E-state index in [1.807, 2.05) is 42.5 Å². The molecule has 30 heavy (non-hydrogen) atoms. The van der Waals surface area contributed by atoms with Gasteiger partial charge >= 0.3 is 0 Å². The first-order valence-corrected chi connectivity index (χ1v) is 11.0. The van der Waals surface area contributed by atoms with E-state index in [4.69, 9.17) is 21.1 Å². The lowest BCUT2D eigenvalue weighted by molar-refractivity contribution is 0.417. The van der Waals surface area contributed by atoms with Crippen molar-refractivity contribution in [2.45, 2.75) is 10.3 Å². The number of hydrogen-bond donors (Lipinski definition) is 1. The van der Waals surface area contributed by atoms with Crippen molar-refractivity contribution < 1.29 is 22.4 Å². The average Bonchev–Trinajstić information content (AvgIpc) is 2.76. The molecule has 1 atom stereocenters. The lowest BCUT2D eigenvalue weighted by Crippen LogP contribution is -2.08. The molecule has 5 nitrogen and oxygen atoms in total. The Hall–Kier alpha value is -2.80. The molecular formula is C23H19ClO5S. The van der Waals surface area contributed by atoms with Crippen molar-refractivity contribution in [1.29, 1.82) is 0 Å². The second-order valence-corrected chi connectivity index (χ2v) is 8.59. The Morgan fingerprint density at radius 3 is 1.93 bits per heavy atom. The quantitative estimate of drug-likeness (QED) is 0.248. The van der Waals surface area contributed by atoms with Crippen LogP contribution in [-0.2, 0) is 10.1 Å². The third-order valence-electron chi connectivity index (χ3n) is 5.13. The van der Waals surface area contributed by atoms with E-state index in [9.17, 15) is 13.0 Å². The third-order valence-corrected chi connectivity index (χ3v) is 6.51. The van der Waals surface area contributed by atoms with Crippen LogP contribution in [0.3, 0.4) is 0 Å². The van der Waals surface area contributed by atoms with Crippen molar-refractivity contribution in [3.63, 3.8) is 0 Å².